The summed E-state index contributed by atoms with van der Waals surface area (Å²) in [7, 11) is 1.86. The SMILES string of the molecule is CCc1nn(C)cc1-n1c(CCl)nc2cc(F)c(Cl)cc21. The summed E-state index contributed by atoms with van der Waals surface area (Å²) in [4.78, 5) is 4.39. The first-order valence-electron chi connectivity index (χ1n) is 6.50. The van der Waals surface area contributed by atoms with E-state index in [0.717, 1.165) is 23.3 Å². The van der Waals surface area contributed by atoms with Crippen molar-refractivity contribution in [3.05, 3.63) is 40.7 Å². The van der Waals surface area contributed by atoms with Gasteiger partial charge < -0.3 is 0 Å². The Kier molecular flexibility index (Phi) is 3.63. The predicted molar refractivity (Wildman–Crippen MR) is 81.7 cm³/mol. The van der Waals surface area contributed by atoms with Crippen molar-refractivity contribution < 1.29 is 4.39 Å². The molecule has 4 nitrogen and oxygen atoms in total. The number of fused-ring (bicyclic) bond motifs is 1. The molecule has 0 aliphatic carbocycles. The summed E-state index contributed by atoms with van der Waals surface area (Å²) < 4.78 is 17.2. The summed E-state index contributed by atoms with van der Waals surface area (Å²) in [6.07, 6.45) is 2.67. The lowest BCUT2D eigenvalue weighted by Crippen LogP contribution is -2.01. The lowest BCUT2D eigenvalue weighted by molar-refractivity contribution is 0.630. The van der Waals surface area contributed by atoms with Gasteiger partial charge in [0, 0.05) is 19.3 Å². The van der Waals surface area contributed by atoms with Crippen molar-refractivity contribution in [2.45, 2.75) is 19.2 Å². The van der Waals surface area contributed by atoms with Gasteiger partial charge in [-0.15, -0.1) is 11.6 Å². The molecule has 7 heteroatoms. The van der Waals surface area contributed by atoms with E-state index < -0.39 is 5.82 Å². The summed E-state index contributed by atoms with van der Waals surface area (Å²) in [6.45, 7) is 2.03. The molecule has 3 aromatic rings. The van der Waals surface area contributed by atoms with Gasteiger partial charge in [-0.2, -0.15) is 5.10 Å². The highest BCUT2D eigenvalue weighted by Gasteiger charge is 2.18. The summed E-state index contributed by atoms with van der Waals surface area (Å²) in [5.74, 6) is 0.360. The van der Waals surface area contributed by atoms with Crippen LogP contribution in [0.25, 0.3) is 16.7 Å². The molecule has 0 bridgehead atoms. The number of benzene rings is 1. The summed E-state index contributed by atoms with van der Waals surface area (Å²) in [6, 6.07) is 2.90. The normalized spacial score (nSPS) is 11.5. The molecule has 0 spiro atoms. The fourth-order valence-electron chi connectivity index (χ4n) is 2.44. The molecule has 0 amide bonds. The standard InChI is InChI=1S/C14H13Cl2FN4/c1-3-10-13(7-20(2)19-10)21-12-4-8(16)9(17)5-11(12)18-14(21)6-15/h4-5,7H,3,6H2,1-2H3. The largest absolute Gasteiger partial charge is 0.292 e. The molecule has 3 rings (SSSR count). The third-order valence-corrected chi connectivity index (χ3v) is 3.87. The van der Waals surface area contributed by atoms with Gasteiger partial charge >= 0.3 is 0 Å². The molecule has 0 saturated carbocycles. The summed E-state index contributed by atoms with van der Waals surface area (Å²) in [5.41, 5.74) is 3.06. The predicted octanol–water partition coefficient (Wildman–Crippen LogP) is 3.85. The Hall–Kier alpha value is -1.59. The zero-order valence-electron chi connectivity index (χ0n) is 11.6. The molecule has 0 unspecified atom stereocenters. The third-order valence-electron chi connectivity index (χ3n) is 3.34. The van der Waals surface area contributed by atoms with Gasteiger partial charge in [-0.1, -0.05) is 18.5 Å². The topological polar surface area (TPSA) is 35.6 Å². The van der Waals surface area contributed by atoms with Crippen molar-refractivity contribution in [3.8, 4) is 5.69 Å². The van der Waals surface area contributed by atoms with Gasteiger partial charge in [0.05, 0.1) is 33.3 Å². The number of hydrogen-bond acceptors (Lipinski definition) is 2. The Balaban J connectivity index is 2.36. The van der Waals surface area contributed by atoms with Gasteiger partial charge in [0.2, 0.25) is 0 Å². The molecule has 21 heavy (non-hydrogen) atoms. The minimum absolute atomic E-state index is 0.0618. The maximum absolute atomic E-state index is 13.6. The van der Waals surface area contributed by atoms with Gasteiger partial charge in [0.1, 0.15) is 11.6 Å². The van der Waals surface area contributed by atoms with Gasteiger partial charge in [0.25, 0.3) is 0 Å². The lowest BCUT2D eigenvalue weighted by Gasteiger charge is -2.07. The first-order valence-corrected chi connectivity index (χ1v) is 7.41. The van der Waals surface area contributed by atoms with Crippen LogP contribution in [0.2, 0.25) is 5.02 Å². The first kappa shape index (κ1) is 14.4. The highest BCUT2D eigenvalue weighted by Crippen LogP contribution is 2.28. The van der Waals surface area contributed by atoms with Crippen LogP contribution in [-0.2, 0) is 19.3 Å². The average Bonchev–Trinajstić information content (AvgIpc) is 2.99. The van der Waals surface area contributed by atoms with Crippen LogP contribution in [-0.4, -0.2) is 19.3 Å². The molecule has 0 atom stereocenters. The van der Waals surface area contributed by atoms with Crippen LogP contribution in [0.1, 0.15) is 18.4 Å². The number of hydrogen-bond donors (Lipinski definition) is 0. The number of nitrogens with zero attached hydrogens (tertiary/aromatic N) is 4. The van der Waals surface area contributed by atoms with Crippen LogP contribution < -0.4 is 0 Å². The molecule has 0 saturated heterocycles. The molecule has 2 heterocycles. The van der Waals surface area contributed by atoms with E-state index in [2.05, 4.69) is 10.1 Å². The summed E-state index contributed by atoms with van der Waals surface area (Å²) >= 11 is 11.9. The van der Waals surface area contributed by atoms with E-state index in [0.29, 0.717) is 11.3 Å². The van der Waals surface area contributed by atoms with Crippen molar-refractivity contribution in [1.82, 2.24) is 19.3 Å². The number of halogens is 3. The molecule has 0 aliphatic heterocycles. The minimum Gasteiger partial charge on any atom is -0.292 e. The molecular weight excluding hydrogens is 314 g/mol. The Morgan fingerprint density at radius 3 is 2.76 bits per heavy atom. The molecule has 1 aromatic carbocycles. The van der Waals surface area contributed by atoms with Crippen LogP contribution in [0.15, 0.2) is 18.3 Å². The highest BCUT2D eigenvalue weighted by molar-refractivity contribution is 6.31. The lowest BCUT2D eigenvalue weighted by atomic mass is 10.2. The Morgan fingerprint density at radius 1 is 1.33 bits per heavy atom. The Morgan fingerprint density at radius 2 is 2.10 bits per heavy atom. The maximum atomic E-state index is 13.6. The molecule has 2 aromatic heterocycles. The van der Waals surface area contributed by atoms with E-state index in [4.69, 9.17) is 23.2 Å². The van der Waals surface area contributed by atoms with Crippen molar-refractivity contribution in [2.24, 2.45) is 7.05 Å². The maximum Gasteiger partial charge on any atom is 0.144 e. The number of imidazole rings is 1. The molecule has 0 aliphatic rings. The van der Waals surface area contributed by atoms with E-state index >= 15 is 0 Å². The molecule has 110 valence electrons. The van der Waals surface area contributed by atoms with Crippen LogP contribution in [0.3, 0.4) is 0 Å². The van der Waals surface area contributed by atoms with Crippen LogP contribution in [0, 0.1) is 5.82 Å². The fourth-order valence-corrected chi connectivity index (χ4v) is 2.78. The van der Waals surface area contributed by atoms with Crippen molar-refractivity contribution in [2.75, 3.05) is 0 Å². The number of aromatic nitrogens is 4. The zero-order chi connectivity index (χ0) is 15.1. The quantitative estimate of drug-likeness (QED) is 0.685. The van der Waals surface area contributed by atoms with Crippen LogP contribution >= 0.6 is 23.2 Å². The molecule has 0 N–H and O–H groups in total. The number of alkyl halides is 1. The first-order chi connectivity index (χ1) is 10.0. The van der Waals surface area contributed by atoms with E-state index in [1.165, 1.54) is 6.07 Å². The van der Waals surface area contributed by atoms with Crippen molar-refractivity contribution in [1.29, 1.82) is 0 Å². The summed E-state index contributed by atoms with van der Waals surface area (Å²) in [5, 5.41) is 4.49. The molecule has 0 fully saturated rings. The van der Waals surface area contributed by atoms with Crippen LogP contribution in [0.4, 0.5) is 4.39 Å². The second kappa shape index (κ2) is 5.31. The van der Waals surface area contributed by atoms with Gasteiger partial charge in [0.15, 0.2) is 0 Å². The fraction of sp³-hybridized carbons (Fsp3) is 0.286. The minimum atomic E-state index is -0.489. The number of aryl methyl sites for hydroxylation is 2. The Bertz CT molecular complexity index is 822. The highest BCUT2D eigenvalue weighted by atomic mass is 35.5. The van der Waals surface area contributed by atoms with E-state index in [-0.39, 0.29) is 10.9 Å². The second-order valence-corrected chi connectivity index (χ2v) is 5.41. The van der Waals surface area contributed by atoms with Crippen LogP contribution in [0.5, 0.6) is 0 Å². The number of rotatable bonds is 3. The van der Waals surface area contributed by atoms with Gasteiger partial charge in [-0.25, -0.2) is 9.37 Å². The van der Waals surface area contributed by atoms with Gasteiger partial charge in [-0.05, 0) is 12.5 Å². The molecular formula is C14H13Cl2FN4. The second-order valence-electron chi connectivity index (χ2n) is 4.74. The smallest absolute Gasteiger partial charge is 0.144 e. The van der Waals surface area contributed by atoms with E-state index in [9.17, 15) is 4.39 Å². The van der Waals surface area contributed by atoms with E-state index in [1.807, 2.05) is 24.7 Å². The zero-order valence-corrected chi connectivity index (χ0v) is 13.1. The van der Waals surface area contributed by atoms with Crippen molar-refractivity contribution in [3.63, 3.8) is 0 Å². The monoisotopic (exact) mass is 326 g/mol. The average molecular weight is 327 g/mol. The molecule has 0 radical (unpaired) electrons. The third kappa shape index (κ3) is 2.30. The van der Waals surface area contributed by atoms with Crippen molar-refractivity contribution >= 4 is 34.2 Å². The van der Waals surface area contributed by atoms with Gasteiger partial charge in [-0.3, -0.25) is 9.25 Å². The Labute approximate surface area is 131 Å². The van der Waals surface area contributed by atoms with E-state index in [1.54, 1.807) is 10.7 Å².